The first-order valence-electron chi connectivity index (χ1n) is 8.57. The van der Waals surface area contributed by atoms with E-state index in [0.717, 1.165) is 27.2 Å². The number of anilines is 1. The molecule has 2 aromatic carbocycles. The van der Waals surface area contributed by atoms with Crippen LogP contribution in [0.1, 0.15) is 18.4 Å². The molecule has 0 saturated carbocycles. The highest BCUT2D eigenvalue weighted by atomic mass is 79.9. The van der Waals surface area contributed by atoms with Crippen LogP contribution in [-0.2, 0) is 9.59 Å². The smallest absolute Gasteiger partial charge is 0.243 e. The SMILES string of the molecule is COc1ccc(OCCCC(=O)NCC(=O)Nc2ccc(Br)cc2C)cc1. The summed E-state index contributed by atoms with van der Waals surface area (Å²) in [6.45, 7) is 2.26. The van der Waals surface area contributed by atoms with Crippen molar-refractivity contribution in [3.63, 3.8) is 0 Å². The van der Waals surface area contributed by atoms with Crippen LogP contribution in [0.25, 0.3) is 0 Å². The number of ether oxygens (including phenoxy) is 2. The molecule has 0 aliphatic carbocycles. The van der Waals surface area contributed by atoms with Crippen molar-refractivity contribution in [2.24, 2.45) is 0 Å². The number of aryl methyl sites for hydroxylation is 1. The monoisotopic (exact) mass is 434 g/mol. The first kappa shape index (κ1) is 20.8. The molecule has 2 rings (SSSR count). The van der Waals surface area contributed by atoms with Gasteiger partial charge in [0.15, 0.2) is 0 Å². The number of benzene rings is 2. The Morgan fingerprint density at radius 1 is 1.04 bits per heavy atom. The van der Waals surface area contributed by atoms with E-state index < -0.39 is 0 Å². The van der Waals surface area contributed by atoms with Crippen molar-refractivity contribution in [3.05, 3.63) is 52.5 Å². The van der Waals surface area contributed by atoms with E-state index in [1.54, 1.807) is 7.11 Å². The number of hydrogen-bond donors (Lipinski definition) is 2. The maximum atomic E-state index is 11.9. The normalized spacial score (nSPS) is 10.2. The van der Waals surface area contributed by atoms with Gasteiger partial charge in [0.05, 0.1) is 20.3 Å². The van der Waals surface area contributed by atoms with E-state index in [1.165, 1.54) is 0 Å². The van der Waals surface area contributed by atoms with Gasteiger partial charge in [-0.3, -0.25) is 9.59 Å². The standard InChI is InChI=1S/C20H23BrN2O4/c1-14-12-15(21)5-10-18(14)23-20(25)13-22-19(24)4-3-11-27-17-8-6-16(26-2)7-9-17/h5-10,12H,3-4,11,13H2,1-2H3,(H,22,24)(H,23,25). The van der Waals surface area contributed by atoms with Gasteiger partial charge in [-0.25, -0.2) is 0 Å². The lowest BCUT2D eigenvalue weighted by Crippen LogP contribution is -2.33. The van der Waals surface area contributed by atoms with Crippen LogP contribution in [0.4, 0.5) is 5.69 Å². The van der Waals surface area contributed by atoms with Crippen molar-refractivity contribution in [1.82, 2.24) is 5.32 Å². The van der Waals surface area contributed by atoms with Gasteiger partial charge in [0.25, 0.3) is 0 Å². The summed E-state index contributed by atoms with van der Waals surface area (Å²) in [6.07, 6.45) is 0.853. The lowest BCUT2D eigenvalue weighted by Gasteiger charge is -2.10. The van der Waals surface area contributed by atoms with E-state index in [0.29, 0.717) is 19.4 Å². The zero-order chi connectivity index (χ0) is 19.6. The fourth-order valence-electron chi connectivity index (χ4n) is 2.32. The first-order chi connectivity index (χ1) is 13.0. The van der Waals surface area contributed by atoms with E-state index in [-0.39, 0.29) is 18.4 Å². The molecule has 2 N–H and O–H groups in total. The second-order valence-corrected chi connectivity index (χ2v) is 6.83. The second kappa shape index (κ2) is 10.6. The van der Waals surface area contributed by atoms with Gasteiger partial charge in [-0.05, 0) is 61.4 Å². The van der Waals surface area contributed by atoms with Gasteiger partial charge in [-0.1, -0.05) is 15.9 Å². The molecular weight excluding hydrogens is 412 g/mol. The highest BCUT2D eigenvalue weighted by molar-refractivity contribution is 9.10. The minimum absolute atomic E-state index is 0.0618. The summed E-state index contributed by atoms with van der Waals surface area (Å²) in [4.78, 5) is 23.8. The van der Waals surface area contributed by atoms with Crippen LogP contribution in [0.15, 0.2) is 46.9 Å². The van der Waals surface area contributed by atoms with Crippen molar-refractivity contribution in [3.8, 4) is 11.5 Å². The average molecular weight is 435 g/mol. The third-order valence-corrected chi connectivity index (χ3v) is 4.28. The molecule has 0 fully saturated rings. The molecule has 7 heteroatoms. The molecule has 6 nitrogen and oxygen atoms in total. The van der Waals surface area contributed by atoms with E-state index in [9.17, 15) is 9.59 Å². The molecule has 0 spiro atoms. The number of hydrogen-bond acceptors (Lipinski definition) is 4. The third-order valence-electron chi connectivity index (χ3n) is 3.78. The van der Waals surface area contributed by atoms with Gasteiger partial charge in [0.1, 0.15) is 11.5 Å². The Labute approximate surface area is 167 Å². The summed E-state index contributed by atoms with van der Waals surface area (Å²) in [7, 11) is 1.61. The predicted octanol–water partition coefficient (Wildman–Crippen LogP) is 3.68. The number of halogens is 1. The molecule has 0 aromatic heterocycles. The topological polar surface area (TPSA) is 76.7 Å². The van der Waals surface area contributed by atoms with Crippen molar-refractivity contribution in [2.45, 2.75) is 19.8 Å². The van der Waals surface area contributed by atoms with Crippen LogP contribution in [-0.4, -0.2) is 32.1 Å². The number of carbonyl (C=O) groups is 2. The Bertz CT molecular complexity index is 778. The summed E-state index contributed by atoms with van der Waals surface area (Å²) >= 11 is 3.38. The molecule has 0 saturated heterocycles. The van der Waals surface area contributed by atoms with Crippen LogP contribution >= 0.6 is 15.9 Å². The Balaban J connectivity index is 1.63. The highest BCUT2D eigenvalue weighted by Gasteiger charge is 2.08. The Morgan fingerprint density at radius 2 is 1.74 bits per heavy atom. The maximum Gasteiger partial charge on any atom is 0.243 e. The lowest BCUT2D eigenvalue weighted by molar-refractivity contribution is -0.124. The molecule has 0 atom stereocenters. The molecule has 0 bridgehead atoms. The molecule has 2 amide bonds. The number of rotatable bonds is 9. The van der Waals surface area contributed by atoms with Crippen molar-refractivity contribution >= 4 is 33.4 Å². The van der Waals surface area contributed by atoms with Crippen LogP contribution in [0, 0.1) is 6.92 Å². The van der Waals surface area contributed by atoms with Crippen molar-refractivity contribution < 1.29 is 19.1 Å². The fraction of sp³-hybridized carbons (Fsp3) is 0.300. The highest BCUT2D eigenvalue weighted by Crippen LogP contribution is 2.20. The average Bonchev–Trinajstić information content (AvgIpc) is 2.66. The lowest BCUT2D eigenvalue weighted by atomic mass is 10.2. The Kier molecular flexibility index (Phi) is 8.13. The number of carbonyl (C=O) groups excluding carboxylic acids is 2. The quantitative estimate of drug-likeness (QED) is 0.590. The van der Waals surface area contributed by atoms with Gasteiger partial charge >= 0.3 is 0 Å². The largest absolute Gasteiger partial charge is 0.497 e. The molecule has 0 unspecified atom stereocenters. The van der Waals surface area contributed by atoms with Crippen LogP contribution in [0.2, 0.25) is 0 Å². The zero-order valence-electron chi connectivity index (χ0n) is 15.4. The van der Waals surface area contributed by atoms with Crippen LogP contribution < -0.4 is 20.1 Å². The van der Waals surface area contributed by atoms with E-state index in [1.807, 2.05) is 49.4 Å². The molecular formula is C20H23BrN2O4. The van der Waals surface area contributed by atoms with Gasteiger partial charge in [-0.15, -0.1) is 0 Å². The summed E-state index contributed by atoms with van der Waals surface area (Å²) in [5.41, 5.74) is 1.67. The molecule has 0 heterocycles. The molecule has 0 aliphatic heterocycles. The minimum Gasteiger partial charge on any atom is -0.497 e. The van der Waals surface area contributed by atoms with Crippen molar-refractivity contribution in [1.29, 1.82) is 0 Å². The third kappa shape index (κ3) is 7.30. The molecule has 0 aliphatic rings. The van der Waals surface area contributed by atoms with Crippen molar-refractivity contribution in [2.75, 3.05) is 25.6 Å². The fourth-order valence-corrected chi connectivity index (χ4v) is 2.80. The Hall–Kier alpha value is -2.54. The molecule has 27 heavy (non-hydrogen) atoms. The van der Waals surface area contributed by atoms with Crippen LogP contribution in [0.3, 0.4) is 0 Å². The summed E-state index contributed by atoms with van der Waals surface area (Å²) < 4.78 is 11.6. The van der Waals surface area contributed by atoms with Gasteiger partial charge in [0.2, 0.25) is 11.8 Å². The maximum absolute atomic E-state index is 11.9. The number of amides is 2. The minimum atomic E-state index is -0.261. The summed E-state index contributed by atoms with van der Waals surface area (Å²) in [5.74, 6) is 1.04. The number of nitrogens with one attached hydrogen (secondary N) is 2. The summed E-state index contributed by atoms with van der Waals surface area (Å²) in [6, 6.07) is 12.8. The van der Waals surface area contributed by atoms with Crippen LogP contribution in [0.5, 0.6) is 11.5 Å². The van der Waals surface area contributed by atoms with Gasteiger partial charge in [-0.2, -0.15) is 0 Å². The van der Waals surface area contributed by atoms with E-state index >= 15 is 0 Å². The first-order valence-corrected chi connectivity index (χ1v) is 9.37. The van der Waals surface area contributed by atoms with E-state index in [4.69, 9.17) is 9.47 Å². The Morgan fingerprint density at radius 3 is 2.41 bits per heavy atom. The predicted molar refractivity (Wildman–Crippen MR) is 108 cm³/mol. The molecule has 0 radical (unpaired) electrons. The second-order valence-electron chi connectivity index (χ2n) is 5.91. The molecule has 144 valence electrons. The summed E-state index contributed by atoms with van der Waals surface area (Å²) in [5, 5.41) is 5.40. The van der Waals surface area contributed by atoms with Gasteiger partial charge in [0, 0.05) is 16.6 Å². The van der Waals surface area contributed by atoms with Gasteiger partial charge < -0.3 is 20.1 Å². The zero-order valence-corrected chi connectivity index (χ0v) is 17.0. The molecule has 2 aromatic rings. The number of methoxy groups -OCH3 is 1. The van der Waals surface area contributed by atoms with E-state index in [2.05, 4.69) is 26.6 Å².